The summed E-state index contributed by atoms with van der Waals surface area (Å²) < 4.78 is 5.30. The Morgan fingerprint density at radius 3 is 3.00 bits per heavy atom. The molecule has 1 aromatic rings. The van der Waals surface area contributed by atoms with Crippen molar-refractivity contribution in [1.82, 2.24) is 15.0 Å². The van der Waals surface area contributed by atoms with Crippen molar-refractivity contribution in [3.63, 3.8) is 0 Å². The largest absolute Gasteiger partial charge is 0.394 e. The number of hydrogen-bond donors (Lipinski definition) is 3. The van der Waals surface area contributed by atoms with Gasteiger partial charge in [-0.05, 0) is 0 Å². The first-order valence-corrected chi connectivity index (χ1v) is 4.56. The van der Waals surface area contributed by atoms with Gasteiger partial charge in [0.05, 0.1) is 12.7 Å². The molecule has 0 aliphatic carbocycles. The van der Waals surface area contributed by atoms with Crippen LogP contribution in [0.25, 0.3) is 0 Å². The Morgan fingerprint density at radius 1 is 1.60 bits per heavy atom. The third-order valence-electron chi connectivity index (χ3n) is 2.32. The van der Waals surface area contributed by atoms with E-state index in [2.05, 4.69) is 15.0 Å². The average molecular weight is 213 g/mol. The zero-order valence-electron chi connectivity index (χ0n) is 7.83. The molecule has 1 aliphatic rings. The van der Waals surface area contributed by atoms with E-state index < -0.39 is 24.0 Å². The summed E-state index contributed by atoms with van der Waals surface area (Å²) in [5, 5.41) is 18.3. The average Bonchev–Trinajstić information content (AvgIpc) is 2.60. The molecule has 0 saturated carbocycles. The number of nitrogens with zero attached hydrogens (tertiary/aromatic N) is 2. The van der Waals surface area contributed by atoms with Gasteiger partial charge in [0, 0.05) is 6.42 Å². The molecule has 0 amide bonds. The third kappa shape index (κ3) is 2.04. The Kier molecular flexibility index (Phi) is 2.76. The molecule has 0 bridgehead atoms. The number of H-pyrrole nitrogens is 1. The molecular formula is C8H11N3O4. The number of aromatic nitrogens is 3. The van der Waals surface area contributed by atoms with E-state index in [4.69, 9.17) is 9.84 Å². The summed E-state index contributed by atoms with van der Waals surface area (Å²) in [6.45, 7) is -0.257. The van der Waals surface area contributed by atoms with Crippen LogP contribution in [0.2, 0.25) is 0 Å². The molecule has 0 radical (unpaired) electrons. The van der Waals surface area contributed by atoms with Gasteiger partial charge in [0.15, 0.2) is 0 Å². The van der Waals surface area contributed by atoms with Gasteiger partial charge in [-0.15, -0.1) is 0 Å². The second-order valence-electron chi connectivity index (χ2n) is 3.34. The van der Waals surface area contributed by atoms with Crippen LogP contribution in [-0.2, 0) is 4.74 Å². The number of aromatic amines is 1. The fourth-order valence-corrected chi connectivity index (χ4v) is 1.55. The van der Waals surface area contributed by atoms with Gasteiger partial charge in [0.2, 0.25) is 0 Å². The van der Waals surface area contributed by atoms with Crippen molar-refractivity contribution in [2.24, 2.45) is 0 Å². The van der Waals surface area contributed by atoms with Crippen molar-refractivity contribution >= 4 is 0 Å². The van der Waals surface area contributed by atoms with E-state index in [1.54, 1.807) is 0 Å². The third-order valence-corrected chi connectivity index (χ3v) is 2.32. The molecule has 2 heterocycles. The SMILES string of the molecule is O=c1ncnc(C2CC(O)C(CO)O2)[nH]1. The molecule has 1 saturated heterocycles. The van der Waals surface area contributed by atoms with Crippen molar-refractivity contribution in [2.75, 3.05) is 6.61 Å². The first-order chi connectivity index (χ1) is 7.20. The second-order valence-corrected chi connectivity index (χ2v) is 3.34. The fraction of sp³-hybridized carbons (Fsp3) is 0.625. The van der Waals surface area contributed by atoms with E-state index in [0.29, 0.717) is 12.2 Å². The number of aliphatic hydroxyl groups excluding tert-OH is 2. The standard InChI is InChI=1S/C8H11N3O4/c12-2-6-4(13)1-5(15-6)7-9-3-10-8(14)11-7/h3-6,12-13H,1-2H2,(H,9,10,11,14). The number of aliphatic hydroxyl groups is 2. The lowest BCUT2D eigenvalue weighted by Gasteiger charge is -2.10. The van der Waals surface area contributed by atoms with E-state index in [-0.39, 0.29) is 6.61 Å². The molecule has 7 nitrogen and oxygen atoms in total. The highest BCUT2D eigenvalue weighted by atomic mass is 16.5. The lowest BCUT2D eigenvalue weighted by Crippen LogP contribution is -2.24. The lowest BCUT2D eigenvalue weighted by atomic mass is 10.1. The maximum atomic E-state index is 10.9. The molecule has 2 rings (SSSR count). The van der Waals surface area contributed by atoms with Gasteiger partial charge in [-0.1, -0.05) is 0 Å². The van der Waals surface area contributed by atoms with Crippen molar-refractivity contribution in [3.8, 4) is 0 Å². The first-order valence-electron chi connectivity index (χ1n) is 4.56. The first kappa shape index (κ1) is 10.2. The van der Waals surface area contributed by atoms with E-state index >= 15 is 0 Å². The minimum Gasteiger partial charge on any atom is -0.394 e. The Hall–Kier alpha value is -1.31. The van der Waals surface area contributed by atoms with E-state index in [1.165, 1.54) is 0 Å². The van der Waals surface area contributed by atoms with Crippen LogP contribution in [0.1, 0.15) is 18.3 Å². The molecule has 0 aromatic carbocycles. The van der Waals surface area contributed by atoms with Gasteiger partial charge < -0.3 is 14.9 Å². The maximum absolute atomic E-state index is 10.9. The van der Waals surface area contributed by atoms with Crippen molar-refractivity contribution in [2.45, 2.75) is 24.7 Å². The molecule has 0 spiro atoms. The molecule has 15 heavy (non-hydrogen) atoms. The molecule has 1 aromatic heterocycles. The van der Waals surface area contributed by atoms with Crippen LogP contribution in [0.4, 0.5) is 0 Å². The topological polar surface area (TPSA) is 108 Å². The molecular weight excluding hydrogens is 202 g/mol. The van der Waals surface area contributed by atoms with Crippen LogP contribution in [0, 0.1) is 0 Å². The molecule has 1 aliphatic heterocycles. The summed E-state index contributed by atoms with van der Waals surface area (Å²) in [7, 11) is 0. The molecule has 3 N–H and O–H groups in total. The number of rotatable bonds is 2. The lowest BCUT2D eigenvalue weighted by molar-refractivity contribution is -0.0248. The van der Waals surface area contributed by atoms with Gasteiger partial charge in [0.1, 0.15) is 24.4 Å². The summed E-state index contributed by atoms with van der Waals surface area (Å²) in [6, 6.07) is 0. The Morgan fingerprint density at radius 2 is 2.40 bits per heavy atom. The molecule has 7 heteroatoms. The molecule has 1 fully saturated rings. The highest BCUT2D eigenvalue weighted by molar-refractivity contribution is 4.95. The Labute approximate surface area is 84.8 Å². The normalized spacial score (nSPS) is 30.7. The fourth-order valence-electron chi connectivity index (χ4n) is 1.55. The smallest absolute Gasteiger partial charge is 0.347 e. The monoisotopic (exact) mass is 213 g/mol. The Bertz CT molecular complexity index is 393. The van der Waals surface area contributed by atoms with Gasteiger partial charge in [0.25, 0.3) is 0 Å². The van der Waals surface area contributed by atoms with Crippen LogP contribution in [0.3, 0.4) is 0 Å². The minimum atomic E-state index is -0.738. The van der Waals surface area contributed by atoms with Crippen LogP contribution in [-0.4, -0.2) is 44.0 Å². The van der Waals surface area contributed by atoms with Crippen molar-refractivity contribution < 1.29 is 14.9 Å². The minimum absolute atomic E-state index is 0.257. The summed E-state index contributed by atoms with van der Waals surface area (Å²) in [5.74, 6) is 0.324. The van der Waals surface area contributed by atoms with Gasteiger partial charge in [-0.25, -0.2) is 9.78 Å². The zero-order valence-corrected chi connectivity index (χ0v) is 7.83. The van der Waals surface area contributed by atoms with Crippen LogP contribution in [0.5, 0.6) is 0 Å². The van der Waals surface area contributed by atoms with E-state index in [9.17, 15) is 9.90 Å². The predicted octanol–water partition coefficient (Wildman–Crippen LogP) is -1.65. The number of ether oxygens (including phenoxy) is 1. The second kappa shape index (κ2) is 4.05. The maximum Gasteiger partial charge on any atom is 0.347 e. The van der Waals surface area contributed by atoms with Gasteiger partial charge in [-0.2, -0.15) is 4.98 Å². The van der Waals surface area contributed by atoms with E-state index in [1.807, 2.05) is 0 Å². The molecule has 82 valence electrons. The van der Waals surface area contributed by atoms with Crippen LogP contribution in [0.15, 0.2) is 11.1 Å². The quantitative estimate of drug-likeness (QED) is 0.543. The van der Waals surface area contributed by atoms with Crippen molar-refractivity contribution in [3.05, 3.63) is 22.6 Å². The zero-order chi connectivity index (χ0) is 10.8. The van der Waals surface area contributed by atoms with E-state index in [0.717, 1.165) is 6.33 Å². The molecule has 3 unspecified atom stereocenters. The summed E-state index contributed by atoms with van der Waals surface area (Å²) >= 11 is 0. The van der Waals surface area contributed by atoms with Crippen molar-refractivity contribution in [1.29, 1.82) is 0 Å². The summed E-state index contributed by atoms with van der Waals surface area (Å²) in [5.41, 5.74) is -0.509. The number of nitrogens with one attached hydrogen (secondary N) is 1. The number of hydrogen-bond acceptors (Lipinski definition) is 6. The predicted molar refractivity (Wildman–Crippen MR) is 48.0 cm³/mol. The molecule has 3 atom stereocenters. The van der Waals surface area contributed by atoms with Gasteiger partial charge >= 0.3 is 5.69 Å². The highest BCUT2D eigenvalue weighted by Crippen LogP contribution is 2.30. The summed E-state index contributed by atoms with van der Waals surface area (Å²) in [6.07, 6.45) is -0.409. The summed E-state index contributed by atoms with van der Waals surface area (Å²) in [4.78, 5) is 20.5. The van der Waals surface area contributed by atoms with Crippen LogP contribution >= 0.6 is 0 Å². The highest BCUT2D eigenvalue weighted by Gasteiger charge is 2.35. The van der Waals surface area contributed by atoms with Crippen LogP contribution < -0.4 is 5.69 Å². The van der Waals surface area contributed by atoms with Gasteiger partial charge in [-0.3, -0.25) is 4.98 Å². The Balaban J connectivity index is 2.17.